The average Bonchev–Trinajstić information content (AvgIpc) is 2.48. The van der Waals surface area contributed by atoms with E-state index in [2.05, 4.69) is 0 Å². The largest absolute Gasteiger partial charge is 0.214 e. The standard InChI is InChI=1S/C16H22N2O2S/c1-14-7-9-15(10-8-14)16-6-2-4-12-18(16)21(19,20)13-5-3-11-17/h7-10,16H,2-6,12-13H2,1H3/t16-/m0/s1. The lowest BCUT2D eigenvalue weighted by molar-refractivity contribution is 0.256. The second kappa shape index (κ2) is 7.06. The minimum absolute atomic E-state index is 0.0496. The lowest BCUT2D eigenvalue weighted by Crippen LogP contribution is -2.39. The second-order valence-electron chi connectivity index (χ2n) is 5.61. The van der Waals surface area contributed by atoms with Crippen molar-refractivity contribution in [3.05, 3.63) is 35.4 Å². The van der Waals surface area contributed by atoms with E-state index in [1.54, 1.807) is 4.31 Å². The van der Waals surface area contributed by atoms with Crippen LogP contribution in [0.15, 0.2) is 24.3 Å². The van der Waals surface area contributed by atoms with Crippen LogP contribution in [0.4, 0.5) is 0 Å². The van der Waals surface area contributed by atoms with Crippen LogP contribution >= 0.6 is 0 Å². The van der Waals surface area contributed by atoms with Gasteiger partial charge in [-0.25, -0.2) is 8.42 Å². The number of unbranched alkanes of at least 4 members (excludes halogenated alkanes) is 1. The number of hydrogen-bond donors (Lipinski definition) is 0. The smallest absolute Gasteiger partial charge is 0.212 e. The molecule has 1 aliphatic heterocycles. The van der Waals surface area contributed by atoms with Crippen molar-refractivity contribution in [3.63, 3.8) is 0 Å². The van der Waals surface area contributed by atoms with Crippen LogP contribution < -0.4 is 0 Å². The summed E-state index contributed by atoms with van der Waals surface area (Å²) in [6.45, 7) is 2.62. The summed E-state index contributed by atoms with van der Waals surface area (Å²) < 4.78 is 26.7. The Morgan fingerprint density at radius 1 is 1.29 bits per heavy atom. The van der Waals surface area contributed by atoms with Gasteiger partial charge in [-0.15, -0.1) is 0 Å². The van der Waals surface area contributed by atoms with Crippen LogP contribution in [0.1, 0.15) is 49.3 Å². The van der Waals surface area contributed by atoms with E-state index in [1.807, 2.05) is 37.3 Å². The SMILES string of the molecule is Cc1ccc([C@@H]2CCCCN2S(=O)(=O)CCCC#N)cc1. The number of piperidine rings is 1. The predicted octanol–water partition coefficient (Wildman–Crippen LogP) is 3.16. The predicted molar refractivity (Wildman–Crippen MR) is 83.1 cm³/mol. The van der Waals surface area contributed by atoms with Crippen molar-refractivity contribution in [2.75, 3.05) is 12.3 Å². The van der Waals surface area contributed by atoms with Gasteiger partial charge in [0.1, 0.15) is 0 Å². The Morgan fingerprint density at radius 2 is 2.00 bits per heavy atom. The molecule has 21 heavy (non-hydrogen) atoms. The number of nitrogens with zero attached hydrogens (tertiary/aromatic N) is 2. The van der Waals surface area contributed by atoms with Crippen LogP contribution in [0.2, 0.25) is 0 Å². The fourth-order valence-electron chi connectivity index (χ4n) is 2.81. The molecule has 1 fully saturated rings. The third-order valence-corrected chi connectivity index (χ3v) is 5.92. The Morgan fingerprint density at radius 3 is 2.67 bits per heavy atom. The molecule has 1 aromatic carbocycles. The molecule has 114 valence electrons. The van der Waals surface area contributed by atoms with E-state index in [4.69, 9.17) is 5.26 Å². The molecule has 0 aromatic heterocycles. The van der Waals surface area contributed by atoms with Crippen molar-refractivity contribution in [3.8, 4) is 6.07 Å². The maximum Gasteiger partial charge on any atom is 0.214 e. The molecule has 2 rings (SSSR count). The summed E-state index contributed by atoms with van der Waals surface area (Å²) in [4.78, 5) is 0. The lowest BCUT2D eigenvalue weighted by atomic mass is 9.97. The molecule has 5 heteroatoms. The molecule has 0 N–H and O–H groups in total. The van der Waals surface area contributed by atoms with Crippen molar-refractivity contribution in [1.82, 2.24) is 4.31 Å². The first-order valence-corrected chi connectivity index (χ1v) is 9.08. The molecule has 0 radical (unpaired) electrons. The van der Waals surface area contributed by atoms with Gasteiger partial charge in [-0.05, 0) is 31.7 Å². The Bertz CT molecular complexity index is 602. The molecule has 0 aliphatic carbocycles. The zero-order chi connectivity index (χ0) is 15.3. The van der Waals surface area contributed by atoms with E-state index in [-0.39, 0.29) is 11.8 Å². The van der Waals surface area contributed by atoms with Gasteiger partial charge in [0.2, 0.25) is 10.0 Å². The van der Waals surface area contributed by atoms with Crippen molar-refractivity contribution in [1.29, 1.82) is 5.26 Å². The number of hydrogen-bond acceptors (Lipinski definition) is 3. The van der Waals surface area contributed by atoms with E-state index in [9.17, 15) is 8.42 Å². The van der Waals surface area contributed by atoms with Gasteiger partial charge < -0.3 is 0 Å². The molecule has 1 saturated heterocycles. The highest BCUT2D eigenvalue weighted by Crippen LogP contribution is 2.33. The van der Waals surface area contributed by atoms with Gasteiger partial charge in [-0.2, -0.15) is 9.57 Å². The number of aryl methyl sites for hydroxylation is 1. The van der Waals surface area contributed by atoms with Crippen molar-refractivity contribution in [2.45, 2.75) is 45.1 Å². The Balaban J connectivity index is 2.19. The van der Waals surface area contributed by atoms with E-state index in [0.29, 0.717) is 19.4 Å². The van der Waals surface area contributed by atoms with E-state index in [0.717, 1.165) is 24.8 Å². The number of nitriles is 1. The summed E-state index contributed by atoms with van der Waals surface area (Å²) in [6, 6.07) is 10.1. The number of rotatable bonds is 5. The summed E-state index contributed by atoms with van der Waals surface area (Å²) in [5, 5.41) is 8.57. The third-order valence-electron chi connectivity index (χ3n) is 3.96. The lowest BCUT2D eigenvalue weighted by Gasteiger charge is -2.35. The molecule has 0 spiro atoms. The zero-order valence-electron chi connectivity index (χ0n) is 12.5. The van der Waals surface area contributed by atoms with E-state index >= 15 is 0 Å². The highest BCUT2D eigenvalue weighted by molar-refractivity contribution is 7.89. The fraction of sp³-hybridized carbons (Fsp3) is 0.562. The van der Waals surface area contributed by atoms with Gasteiger partial charge in [0.05, 0.1) is 11.8 Å². The first kappa shape index (κ1) is 16.0. The first-order valence-electron chi connectivity index (χ1n) is 7.47. The quantitative estimate of drug-likeness (QED) is 0.785. The monoisotopic (exact) mass is 306 g/mol. The van der Waals surface area contributed by atoms with E-state index in [1.165, 1.54) is 5.56 Å². The van der Waals surface area contributed by atoms with Crippen LogP contribution in [-0.4, -0.2) is 25.0 Å². The molecule has 4 nitrogen and oxygen atoms in total. The summed E-state index contributed by atoms with van der Waals surface area (Å²) in [5.41, 5.74) is 2.25. The molecule has 1 aliphatic rings. The minimum atomic E-state index is -3.28. The summed E-state index contributed by atoms with van der Waals surface area (Å²) in [6.07, 6.45) is 3.56. The molecular weight excluding hydrogens is 284 g/mol. The van der Waals surface area contributed by atoms with Gasteiger partial charge in [0.25, 0.3) is 0 Å². The molecule has 0 saturated carbocycles. The summed E-state index contributed by atoms with van der Waals surface area (Å²) in [5.74, 6) is 0.0723. The Labute approximate surface area is 127 Å². The van der Waals surface area contributed by atoms with E-state index < -0.39 is 10.0 Å². The summed E-state index contributed by atoms with van der Waals surface area (Å²) in [7, 11) is -3.28. The van der Waals surface area contributed by atoms with Crippen molar-refractivity contribution in [2.24, 2.45) is 0 Å². The first-order chi connectivity index (χ1) is 10.0. The van der Waals surface area contributed by atoms with Crippen LogP contribution in [0, 0.1) is 18.3 Å². The summed E-state index contributed by atoms with van der Waals surface area (Å²) >= 11 is 0. The molecule has 0 bridgehead atoms. The van der Waals surface area contributed by atoms with Gasteiger partial charge >= 0.3 is 0 Å². The third kappa shape index (κ3) is 4.05. The Hall–Kier alpha value is -1.38. The highest BCUT2D eigenvalue weighted by Gasteiger charge is 2.32. The highest BCUT2D eigenvalue weighted by atomic mass is 32.2. The number of sulfonamides is 1. The van der Waals surface area contributed by atoms with Crippen molar-refractivity contribution < 1.29 is 8.42 Å². The maximum atomic E-state index is 12.5. The van der Waals surface area contributed by atoms with Crippen LogP contribution in [0.5, 0.6) is 0 Å². The van der Waals surface area contributed by atoms with Crippen LogP contribution in [0.3, 0.4) is 0 Å². The topological polar surface area (TPSA) is 61.2 Å². The van der Waals surface area contributed by atoms with Gasteiger partial charge in [0, 0.05) is 19.0 Å². The molecule has 0 unspecified atom stereocenters. The van der Waals surface area contributed by atoms with Crippen LogP contribution in [0.25, 0.3) is 0 Å². The second-order valence-corrected chi connectivity index (χ2v) is 7.65. The zero-order valence-corrected chi connectivity index (χ0v) is 13.3. The van der Waals surface area contributed by atoms with Gasteiger partial charge in [0.15, 0.2) is 0 Å². The van der Waals surface area contributed by atoms with Gasteiger partial charge in [-0.3, -0.25) is 0 Å². The minimum Gasteiger partial charge on any atom is -0.212 e. The fourth-order valence-corrected chi connectivity index (χ4v) is 4.58. The Kier molecular flexibility index (Phi) is 5.38. The molecule has 0 amide bonds. The molecular formula is C16H22N2O2S. The molecule has 1 heterocycles. The average molecular weight is 306 g/mol. The number of benzene rings is 1. The van der Waals surface area contributed by atoms with Crippen LogP contribution in [-0.2, 0) is 10.0 Å². The normalized spacial score (nSPS) is 20.1. The van der Waals surface area contributed by atoms with Crippen molar-refractivity contribution >= 4 is 10.0 Å². The maximum absolute atomic E-state index is 12.5. The molecule has 1 atom stereocenters. The molecule has 1 aromatic rings. The van der Waals surface area contributed by atoms with Gasteiger partial charge in [-0.1, -0.05) is 36.2 Å².